The number of benzene rings is 2. The number of aryl methyl sites for hydroxylation is 2. The SMILES string of the molecule is Cc1ccc(/C=C/C(=O)c2ccccc2I)cc1C. The van der Waals surface area contributed by atoms with Crippen LogP contribution in [0.15, 0.2) is 48.5 Å². The summed E-state index contributed by atoms with van der Waals surface area (Å²) in [5.74, 6) is 0.0447. The van der Waals surface area contributed by atoms with Gasteiger partial charge < -0.3 is 0 Å². The van der Waals surface area contributed by atoms with E-state index in [0.29, 0.717) is 0 Å². The second-order valence-electron chi connectivity index (χ2n) is 4.52. The molecule has 0 aliphatic carbocycles. The molecule has 0 N–H and O–H groups in total. The molecule has 0 spiro atoms. The van der Waals surface area contributed by atoms with Crippen molar-refractivity contribution in [1.82, 2.24) is 0 Å². The van der Waals surface area contributed by atoms with Crippen LogP contribution in [0.4, 0.5) is 0 Å². The van der Waals surface area contributed by atoms with Gasteiger partial charge in [-0.05, 0) is 71.3 Å². The third-order valence-electron chi connectivity index (χ3n) is 3.10. The van der Waals surface area contributed by atoms with E-state index in [1.54, 1.807) is 6.08 Å². The summed E-state index contributed by atoms with van der Waals surface area (Å²) in [4.78, 5) is 12.1. The van der Waals surface area contributed by atoms with Gasteiger partial charge >= 0.3 is 0 Å². The van der Waals surface area contributed by atoms with Crippen molar-refractivity contribution in [3.8, 4) is 0 Å². The lowest BCUT2D eigenvalue weighted by atomic mass is 10.0. The van der Waals surface area contributed by atoms with Gasteiger partial charge in [-0.1, -0.05) is 36.4 Å². The summed E-state index contributed by atoms with van der Waals surface area (Å²) < 4.78 is 0.981. The van der Waals surface area contributed by atoms with Gasteiger partial charge in [0.15, 0.2) is 5.78 Å². The molecule has 2 aromatic carbocycles. The molecule has 0 heterocycles. The molecular weight excluding hydrogens is 347 g/mol. The van der Waals surface area contributed by atoms with Crippen LogP contribution in [0.1, 0.15) is 27.0 Å². The molecule has 0 aliphatic rings. The molecule has 0 fully saturated rings. The molecule has 2 heteroatoms. The van der Waals surface area contributed by atoms with E-state index < -0.39 is 0 Å². The third-order valence-corrected chi connectivity index (χ3v) is 4.04. The summed E-state index contributed by atoms with van der Waals surface area (Å²) in [6, 6.07) is 13.8. The summed E-state index contributed by atoms with van der Waals surface area (Å²) >= 11 is 2.18. The Morgan fingerprint density at radius 2 is 1.79 bits per heavy atom. The van der Waals surface area contributed by atoms with Crippen molar-refractivity contribution in [2.75, 3.05) is 0 Å². The first kappa shape index (κ1) is 14.0. The van der Waals surface area contributed by atoms with Crippen LogP contribution in [0, 0.1) is 17.4 Å². The molecule has 0 bridgehead atoms. The van der Waals surface area contributed by atoms with Crippen LogP contribution in [0.5, 0.6) is 0 Å². The average Bonchev–Trinajstić information content (AvgIpc) is 2.40. The summed E-state index contributed by atoms with van der Waals surface area (Å²) in [5.41, 5.74) is 4.32. The number of allylic oxidation sites excluding steroid dienone is 1. The van der Waals surface area contributed by atoms with Gasteiger partial charge in [0.25, 0.3) is 0 Å². The van der Waals surface area contributed by atoms with Crippen molar-refractivity contribution >= 4 is 34.5 Å². The number of ketones is 1. The maximum absolute atomic E-state index is 12.1. The Bertz CT molecular complexity index is 641. The zero-order chi connectivity index (χ0) is 13.8. The van der Waals surface area contributed by atoms with Crippen LogP contribution in [0.3, 0.4) is 0 Å². The van der Waals surface area contributed by atoms with Gasteiger partial charge in [0, 0.05) is 9.13 Å². The number of carbonyl (C=O) groups excluding carboxylic acids is 1. The molecule has 0 radical (unpaired) electrons. The Hall–Kier alpha value is -1.42. The highest BCUT2D eigenvalue weighted by atomic mass is 127. The maximum atomic E-state index is 12.1. The zero-order valence-electron chi connectivity index (χ0n) is 11.0. The van der Waals surface area contributed by atoms with Gasteiger partial charge in [0.1, 0.15) is 0 Å². The van der Waals surface area contributed by atoms with E-state index in [1.807, 2.05) is 36.4 Å². The monoisotopic (exact) mass is 362 g/mol. The maximum Gasteiger partial charge on any atom is 0.186 e. The number of halogens is 1. The molecule has 0 atom stereocenters. The normalized spacial score (nSPS) is 10.9. The second-order valence-corrected chi connectivity index (χ2v) is 5.68. The molecule has 2 rings (SSSR count). The van der Waals surface area contributed by atoms with Crippen LogP contribution in [-0.2, 0) is 0 Å². The lowest BCUT2D eigenvalue weighted by molar-refractivity contribution is 0.104. The zero-order valence-corrected chi connectivity index (χ0v) is 13.1. The summed E-state index contributed by atoms with van der Waals surface area (Å²) in [5, 5.41) is 0. The lowest BCUT2D eigenvalue weighted by Crippen LogP contribution is -1.96. The van der Waals surface area contributed by atoms with Gasteiger partial charge in [0.05, 0.1) is 0 Å². The number of rotatable bonds is 3. The highest BCUT2D eigenvalue weighted by Gasteiger charge is 2.05. The van der Waals surface area contributed by atoms with Gasteiger partial charge in [0.2, 0.25) is 0 Å². The molecule has 0 aromatic heterocycles. The quantitative estimate of drug-likeness (QED) is 0.435. The topological polar surface area (TPSA) is 17.1 Å². The Balaban J connectivity index is 2.21. The van der Waals surface area contributed by atoms with E-state index in [9.17, 15) is 4.79 Å². The summed E-state index contributed by atoms with van der Waals surface area (Å²) in [6.45, 7) is 4.16. The average molecular weight is 362 g/mol. The minimum absolute atomic E-state index is 0.0447. The van der Waals surface area contributed by atoms with Crippen molar-refractivity contribution in [2.45, 2.75) is 13.8 Å². The number of hydrogen-bond acceptors (Lipinski definition) is 1. The first-order chi connectivity index (χ1) is 9.08. The van der Waals surface area contributed by atoms with Crippen molar-refractivity contribution in [2.24, 2.45) is 0 Å². The molecule has 1 nitrogen and oxygen atoms in total. The van der Waals surface area contributed by atoms with Crippen LogP contribution < -0.4 is 0 Å². The Morgan fingerprint density at radius 3 is 2.47 bits per heavy atom. The largest absolute Gasteiger partial charge is 0.289 e. The van der Waals surface area contributed by atoms with Crippen molar-refractivity contribution in [3.05, 3.63) is 74.4 Å². The van der Waals surface area contributed by atoms with Gasteiger partial charge in [-0.2, -0.15) is 0 Å². The molecular formula is C17H15IO. The van der Waals surface area contributed by atoms with E-state index >= 15 is 0 Å². The van der Waals surface area contributed by atoms with Crippen LogP contribution in [0.25, 0.3) is 6.08 Å². The highest BCUT2D eigenvalue weighted by molar-refractivity contribution is 14.1. The standard InChI is InChI=1S/C17H15IO/c1-12-7-8-14(11-13(12)2)9-10-17(19)15-5-3-4-6-16(15)18/h3-11H,1-2H3/b10-9+. The molecule has 0 amide bonds. The predicted octanol–water partition coefficient (Wildman–Crippen LogP) is 4.80. The predicted molar refractivity (Wildman–Crippen MR) is 88.4 cm³/mol. The van der Waals surface area contributed by atoms with Crippen LogP contribution in [-0.4, -0.2) is 5.78 Å². The van der Waals surface area contributed by atoms with Gasteiger partial charge in [-0.15, -0.1) is 0 Å². The van der Waals surface area contributed by atoms with E-state index in [4.69, 9.17) is 0 Å². The van der Waals surface area contributed by atoms with Crippen molar-refractivity contribution in [3.63, 3.8) is 0 Å². The lowest BCUT2D eigenvalue weighted by Gasteiger charge is -2.01. The van der Waals surface area contributed by atoms with Crippen molar-refractivity contribution in [1.29, 1.82) is 0 Å². The smallest absolute Gasteiger partial charge is 0.186 e. The number of hydrogen-bond donors (Lipinski definition) is 0. The Morgan fingerprint density at radius 1 is 1.05 bits per heavy atom. The van der Waals surface area contributed by atoms with Crippen LogP contribution >= 0.6 is 22.6 Å². The highest BCUT2D eigenvalue weighted by Crippen LogP contribution is 2.15. The fourth-order valence-electron chi connectivity index (χ4n) is 1.79. The van der Waals surface area contributed by atoms with Gasteiger partial charge in [-0.25, -0.2) is 0 Å². The molecule has 2 aromatic rings. The van der Waals surface area contributed by atoms with Crippen LogP contribution in [0.2, 0.25) is 0 Å². The van der Waals surface area contributed by atoms with E-state index in [1.165, 1.54) is 11.1 Å². The second kappa shape index (κ2) is 6.15. The molecule has 96 valence electrons. The summed E-state index contributed by atoms with van der Waals surface area (Å²) in [7, 11) is 0. The van der Waals surface area contributed by atoms with Gasteiger partial charge in [-0.3, -0.25) is 4.79 Å². The third kappa shape index (κ3) is 3.53. The number of carbonyl (C=O) groups is 1. The molecule has 0 unspecified atom stereocenters. The Kier molecular flexibility index (Phi) is 4.53. The van der Waals surface area contributed by atoms with Crippen molar-refractivity contribution < 1.29 is 4.79 Å². The summed E-state index contributed by atoms with van der Waals surface area (Å²) in [6.07, 6.45) is 3.51. The van der Waals surface area contributed by atoms with E-state index in [2.05, 4.69) is 48.6 Å². The molecule has 19 heavy (non-hydrogen) atoms. The van der Waals surface area contributed by atoms with E-state index in [0.717, 1.165) is 14.7 Å². The minimum Gasteiger partial charge on any atom is -0.289 e. The minimum atomic E-state index is 0.0447. The molecule has 0 saturated heterocycles. The Labute approximate surface area is 127 Å². The fraction of sp³-hybridized carbons (Fsp3) is 0.118. The first-order valence-corrected chi connectivity index (χ1v) is 7.20. The first-order valence-electron chi connectivity index (χ1n) is 6.12. The van der Waals surface area contributed by atoms with E-state index in [-0.39, 0.29) is 5.78 Å². The fourth-order valence-corrected chi connectivity index (χ4v) is 2.44. The molecule has 0 aliphatic heterocycles. The molecule has 0 saturated carbocycles.